The summed E-state index contributed by atoms with van der Waals surface area (Å²) in [6.45, 7) is 0. The molecule has 2 heteroatoms. The van der Waals surface area contributed by atoms with Crippen molar-refractivity contribution in [3.8, 4) is 0 Å². The molecule has 0 bridgehead atoms. The summed E-state index contributed by atoms with van der Waals surface area (Å²) in [5.41, 5.74) is 10.9. The summed E-state index contributed by atoms with van der Waals surface area (Å²) in [4.78, 5) is 15.8. The molecule has 0 heterocycles. The second-order valence-corrected chi connectivity index (χ2v) is 8.37. The zero-order valence-electron chi connectivity index (χ0n) is 17.7. The molecule has 0 unspecified atom stereocenters. The van der Waals surface area contributed by atoms with Crippen LogP contribution >= 0.6 is 0 Å². The second-order valence-electron chi connectivity index (χ2n) is 8.37. The molecular formula is C31H17NO. The molecule has 0 N–H and O–H groups in total. The molecule has 5 aromatic rings. The van der Waals surface area contributed by atoms with Gasteiger partial charge in [0.25, 0.3) is 0 Å². The summed E-state index contributed by atoms with van der Waals surface area (Å²) in [6.07, 6.45) is 5.87. The van der Waals surface area contributed by atoms with Gasteiger partial charge < -0.3 is 4.90 Å². The third kappa shape index (κ3) is 2.48. The topological polar surface area (TPSA) is 20.3 Å². The van der Waals surface area contributed by atoms with E-state index in [1.54, 1.807) is 0 Å². The molecule has 0 aliphatic heterocycles. The predicted molar refractivity (Wildman–Crippen MR) is 135 cm³/mol. The fraction of sp³-hybridized carbons (Fsp3) is 0. The van der Waals surface area contributed by atoms with E-state index in [9.17, 15) is 4.79 Å². The molecule has 2 aliphatic rings. The van der Waals surface area contributed by atoms with Gasteiger partial charge in [0, 0.05) is 33.0 Å². The lowest BCUT2D eigenvalue weighted by Crippen LogP contribution is -2.16. The van der Waals surface area contributed by atoms with Crippen LogP contribution in [0.5, 0.6) is 0 Å². The largest absolute Gasteiger partial charge is 0.303 e. The molecule has 5 aromatic carbocycles. The van der Waals surface area contributed by atoms with Gasteiger partial charge in [-0.1, -0.05) is 78.5 Å². The Morgan fingerprint density at radius 1 is 0.697 bits per heavy atom. The number of rotatable bonds is 3. The van der Waals surface area contributed by atoms with Crippen molar-refractivity contribution < 1.29 is 4.79 Å². The van der Waals surface area contributed by atoms with E-state index >= 15 is 0 Å². The summed E-state index contributed by atoms with van der Waals surface area (Å²) in [5, 5.41) is 6.52. The third-order valence-corrected chi connectivity index (χ3v) is 6.58. The fourth-order valence-corrected chi connectivity index (χ4v) is 5.21. The maximum atomic E-state index is 13.6. The maximum Gasteiger partial charge on any atom is 0.194 e. The number of hydrogen-bond acceptors (Lipinski definition) is 2. The monoisotopic (exact) mass is 419 g/mol. The lowest BCUT2D eigenvalue weighted by Gasteiger charge is -2.28. The van der Waals surface area contributed by atoms with Gasteiger partial charge in [0.05, 0.1) is 11.4 Å². The number of para-hydroxylation sites is 1. The van der Waals surface area contributed by atoms with Crippen LogP contribution < -0.4 is 4.90 Å². The Balaban J connectivity index is 1.68. The van der Waals surface area contributed by atoms with Crippen molar-refractivity contribution in [2.75, 3.05) is 4.90 Å². The van der Waals surface area contributed by atoms with E-state index in [0.29, 0.717) is 0 Å². The molecule has 0 fully saturated rings. The lowest BCUT2D eigenvalue weighted by molar-refractivity contribution is 0.104. The van der Waals surface area contributed by atoms with E-state index in [1.807, 2.05) is 60.7 Å². The highest BCUT2D eigenvalue weighted by Crippen LogP contribution is 2.46. The number of nitrogens with zero attached hydrogens (tertiary/aromatic N) is 1. The Bertz CT molecular complexity index is 1790. The van der Waals surface area contributed by atoms with Gasteiger partial charge in [-0.2, -0.15) is 0 Å². The first-order valence-corrected chi connectivity index (χ1v) is 11.0. The minimum atomic E-state index is 0.0919. The molecule has 152 valence electrons. The quantitative estimate of drug-likeness (QED) is 0.217. The molecule has 7 rings (SSSR count). The molecule has 0 spiro atoms. The van der Waals surface area contributed by atoms with E-state index in [0.717, 1.165) is 60.5 Å². The van der Waals surface area contributed by atoms with Crippen LogP contribution in [0.15, 0.2) is 120 Å². The zero-order valence-corrected chi connectivity index (χ0v) is 17.7. The standard InChI is InChI=1S/C31H17NO/c33-31-25-15-7-9-20-17-18-21-19-27(24-14-8-16-26(31)30(24)29(21)28(20)25)32(22-10-3-1-4-11-22)23-12-5-2-6-13-23/h1-5,7-12,14-19H. The molecule has 0 atom stereocenters. The van der Waals surface area contributed by atoms with E-state index in [-0.39, 0.29) is 5.78 Å². The van der Waals surface area contributed by atoms with Gasteiger partial charge in [-0.3, -0.25) is 4.79 Å². The molecule has 33 heavy (non-hydrogen) atoms. The first-order chi connectivity index (χ1) is 16.3. The van der Waals surface area contributed by atoms with Crippen molar-refractivity contribution in [3.63, 3.8) is 0 Å². The maximum absolute atomic E-state index is 13.6. The zero-order chi connectivity index (χ0) is 21.9. The van der Waals surface area contributed by atoms with Crippen molar-refractivity contribution in [3.05, 3.63) is 131 Å². The van der Waals surface area contributed by atoms with E-state index in [1.165, 1.54) is 0 Å². The number of allylic oxidation sites excluding steroid dienone is 3. The molecule has 2 nitrogen and oxygen atoms in total. The molecule has 0 saturated heterocycles. The van der Waals surface area contributed by atoms with Crippen LogP contribution in [0.4, 0.5) is 11.4 Å². The summed E-state index contributed by atoms with van der Waals surface area (Å²) >= 11 is 0. The number of hydrogen-bond donors (Lipinski definition) is 0. The van der Waals surface area contributed by atoms with Crippen molar-refractivity contribution in [2.45, 2.75) is 0 Å². The lowest BCUT2D eigenvalue weighted by atomic mass is 9.83. The Kier molecular flexibility index (Phi) is 3.65. The first kappa shape index (κ1) is 18.0. The summed E-state index contributed by atoms with van der Waals surface area (Å²) in [5.74, 6) is 0.0919. The van der Waals surface area contributed by atoms with Crippen LogP contribution in [0.25, 0.3) is 32.3 Å². The van der Waals surface area contributed by atoms with Gasteiger partial charge in [0.2, 0.25) is 0 Å². The van der Waals surface area contributed by atoms with Crippen molar-refractivity contribution in [1.29, 1.82) is 0 Å². The average molecular weight is 419 g/mol. The molecule has 0 radical (unpaired) electrons. The van der Waals surface area contributed by atoms with Gasteiger partial charge in [0.1, 0.15) is 0 Å². The number of carbonyl (C=O) groups excluding carboxylic acids is 1. The average Bonchev–Trinajstić information content (AvgIpc) is 2.88. The number of benzene rings is 5. The SMILES string of the molecule is O=C1c2cccc3ccc4cc(N(C5=C=C=CC=C5)c5ccccc5)c5cccc1c5c4c23. The number of carbonyl (C=O) groups is 1. The molecule has 0 aromatic heterocycles. The van der Waals surface area contributed by atoms with Crippen molar-refractivity contribution in [2.24, 2.45) is 0 Å². The van der Waals surface area contributed by atoms with Crippen molar-refractivity contribution in [1.82, 2.24) is 0 Å². The van der Waals surface area contributed by atoms with Crippen LogP contribution in [-0.2, 0) is 0 Å². The number of ketones is 1. The van der Waals surface area contributed by atoms with Crippen molar-refractivity contribution >= 4 is 49.5 Å². The highest BCUT2D eigenvalue weighted by Gasteiger charge is 2.27. The van der Waals surface area contributed by atoms with Crippen LogP contribution in [0, 0.1) is 0 Å². The van der Waals surface area contributed by atoms with Crippen LogP contribution in [0.3, 0.4) is 0 Å². The van der Waals surface area contributed by atoms with E-state index in [2.05, 4.69) is 58.8 Å². The fourth-order valence-electron chi connectivity index (χ4n) is 5.21. The normalized spacial score (nSPS) is 13.6. The highest BCUT2D eigenvalue weighted by atomic mass is 16.1. The predicted octanol–water partition coefficient (Wildman–Crippen LogP) is 7.59. The highest BCUT2D eigenvalue weighted by molar-refractivity contribution is 6.37. The summed E-state index contributed by atoms with van der Waals surface area (Å²) in [6, 6.07) is 28.9. The van der Waals surface area contributed by atoms with E-state index < -0.39 is 0 Å². The van der Waals surface area contributed by atoms with Crippen LogP contribution in [0.2, 0.25) is 0 Å². The van der Waals surface area contributed by atoms with E-state index in [4.69, 9.17) is 0 Å². The van der Waals surface area contributed by atoms with Crippen LogP contribution in [-0.4, -0.2) is 5.78 Å². The summed E-state index contributed by atoms with van der Waals surface area (Å²) < 4.78 is 0. The molecule has 2 aliphatic carbocycles. The third-order valence-electron chi connectivity index (χ3n) is 6.58. The number of anilines is 2. The Morgan fingerprint density at radius 2 is 1.48 bits per heavy atom. The first-order valence-electron chi connectivity index (χ1n) is 11.0. The summed E-state index contributed by atoms with van der Waals surface area (Å²) in [7, 11) is 0. The van der Waals surface area contributed by atoms with Gasteiger partial charge in [-0.15, -0.1) is 0 Å². The Labute approximate surface area is 190 Å². The minimum Gasteiger partial charge on any atom is -0.303 e. The molecule has 0 saturated carbocycles. The van der Waals surface area contributed by atoms with Crippen LogP contribution in [0.1, 0.15) is 15.9 Å². The molecule has 0 amide bonds. The Hall–Kier alpha value is -4.61. The van der Waals surface area contributed by atoms with Gasteiger partial charge >= 0.3 is 0 Å². The minimum absolute atomic E-state index is 0.0919. The molecular weight excluding hydrogens is 402 g/mol. The Morgan fingerprint density at radius 3 is 2.30 bits per heavy atom. The van der Waals surface area contributed by atoms with Gasteiger partial charge in [-0.25, -0.2) is 0 Å². The smallest absolute Gasteiger partial charge is 0.194 e. The second kappa shape index (κ2) is 6.69. The van der Waals surface area contributed by atoms with Gasteiger partial charge in [0.15, 0.2) is 5.78 Å². The van der Waals surface area contributed by atoms with Gasteiger partial charge in [-0.05, 0) is 52.2 Å².